The minimum atomic E-state index is 0. The number of benzene rings is 1. The lowest BCUT2D eigenvalue weighted by molar-refractivity contribution is 0.0377. The number of hydrogen-bond donors (Lipinski definition) is 1. The van der Waals surface area contributed by atoms with Crippen molar-refractivity contribution in [2.45, 2.75) is 12.8 Å². The van der Waals surface area contributed by atoms with E-state index in [1.165, 1.54) is 0 Å². The number of halogens is 1. The highest BCUT2D eigenvalue weighted by atomic mass is 127. The maximum atomic E-state index is 5.84. The highest BCUT2D eigenvalue weighted by Gasteiger charge is 2.10. The van der Waals surface area contributed by atoms with Crippen molar-refractivity contribution in [3.63, 3.8) is 0 Å². The summed E-state index contributed by atoms with van der Waals surface area (Å²) in [6.45, 7) is 7.72. The van der Waals surface area contributed by atoms with E-state index in [2.05, 4.69) is 22.2 Å². The second kappa shape index (κ2) is 15.1. The van der Waals surface area contributed by atoms with Gasteiger partial charge in [0.05, 0.1) is 26.0 Å². The summed E-state index contributed by atoms with van der Waals surface area (Å²) in [5.74, 6) is 2.77. The molecule has 0 amide bonds. The van der Waals surface area contributed by atoms with Crippen molar-refractivity contribution in [3.8, 4) is 5.75 Å². The van der Waals surface area contributed by atoms with Crippen LogP contribution < -0.4 is 10.1 Å². The van der Waals surface area contributed by atoms with Gasteiger partial charge in [-0.2, -0.15) is 0 Å². The molecule has 0 saturated carbocycles. The first kappa shape index (κ1) is 25.5. The van der Waals surface area contributed by atoms with Crippen LogP contribution in [0.25, 0.3) is 0 Å². The first-order valence-electron chi connectivity index (χ1n) is 10.8. The Morgan fingerprint density at radius 1 is 1.16 bits per heavy atom. The molecule has 2 heterocycles. The molecule has 1 fully saturated rings. The van der Waals surface area contributed by atoms with Crippen LogP contribution in [0.4, 0.5) is 0 Å². The lowest BCUT2D eigenvalue weighted by atomic mass is 10.3. The number of para-hydroxylation sites is 1. The number of nitrogens with zero attached hydrogens (tertiary/aromatic N) is 3. The fraction of sp³-hybridized carbons (Fsp3) is 0.522. The zero-order valence-electron chi connectivity index (χ0n) is 18.4. The number of hydrogen-bond acceptors (Lipinski definition) is 5. The van der Waals surface area contributed by atoms with Crippen LogP contribution in [0, 0.1) is 0 Å². The Balaban J connectivity index is 0.00000341. The quantitative estimate of drug-likeness (QED) is 0.204. The fourth-order valence-electron chi connectivity index (χ4n) is 3.29. The topological polar surface area (TPSA) is 62.5 Å². The molecule has 31 heavy (non-hydrogen) atoms. The van der Waals surface area contributed by atoms with E-state index in [-0.39, 0.29) is 24.0 Å². The summed E-state index contributed by atoms with van der Waals surface area (Å²) < 4.78 is 16.7. The van der Waals surface area contributed by atoms with E-state index in [1.54, 1.807) is 6.26 Å². The van der Waals surface area contributed by atoms with Crippen LogP contribution in [0.2, 0.25) is 0 Å². The molecular formula is C23H35IN4O3. The van der Waals surface area contributed by atoms with E-state index >= 15 is 0 Å². The van der Waals surface area contributed by atoms with E-state index in [0.29, 0.717) is 6.61 Å². The Bertz CT molecular complexity index is 722. The summed E-state index contributed by atoms with van der Waals surface area (Å²) in [5, 5.41) is 3.47. The largest absolute Gasteiger partial charge is 0.492 e. The van der Waals surface area contributed by atoms with Crippen LogP contribution in [-0.4, -0.2) is 81.9 Å². The molecule has 7 nitrogen and oxygen atoms in total. The number of morpholine rings is 1. The Labute approximate surface area is 202 Å². The fourth-order valence-corrected chi connectivity index (χ4v) is 3.29. The zero-order chi connectivity index (χ0) is 20.9. The van der Waals surface area contributed by atoms with Crippen molar-refractivity contribution in [1.82, 2.24) is 15.1 Å². The molecule has 0 radical (unpaired) electrons. The molecule has 0 unspecified atom stereocenters. The summed E-state index contributed by atoms with van der Waals surface area (Å²) >= 11 is 0. The van der Waals surface area contributed by atoms with Crippen LogP contribution >= 0.6 is 24.0 Å². The van der Waals surface area contributed by atoms with Gasteiger partial charge in [-0.1, -0.05) is 18.2 Å². The van der Waals surface area contributed by atoms with Crippen LogP contribution in [0.5, 0.6) is 5.75 Å². The standard InChI is InChI=1S/C23H34N4O3.HI/c1-26(14-20-30-21-7-3-2-4-8-21)23(25-12-10-22-9-5-17-29-22)24-11-6-13-27-15-18-28-19-16-27;/h2-5,7-9,17H,6,10-16,18-20H2,1H3,(H,24,25);1H. The van der Waals surface area contributed by atoms with Gasteiger partial charge in [0, 0.05) is 46.2 Å². The van der Waals surface area contributed by atoms with Crippen molar-refractivity contribution in [3.05, 3.63) is 54.5 Å². The predicted octanol–water partition coefficient (Wildman–Crippen LogP) is 3.12. The minimum Gasteiger partial charge on any atom is -0.492 e. The van der Waals surface area contributed by atoms with Crippen molar-refractivity contribution >= 4 is 29.9 Å². The summed E-state index contributed by atoms with van der Waals surface area (Å²) in [6.07, 6.45) is 3.58. The average Bonchev–Trinajstić information content (AvgIpc) is 3.30. The van der Waals surface area contributed by atoms with Gasteiger partial charge in [-0.3, -0.25) is 9.89 Å². The summed E-state index contributed by atoms with van der Waals surface area (Å²) in [4.78, 5) is 9.41. The van der Waals surface area contributed by atoms with Crippen LogP contribution in [0.3, 0.4) is 0 Å². The Kier molecular flexibility index (Phi) is 12.4. The lowest BCUT2D eigenvalue weighted by Gasteiger charge is -2.26. The third-order valence-electron chi connectivity index (χ3n) is 5.03. The van der Waals surface area contributed by atoms with Gasteiger partial charge in [-0.15, -0.1) is 24.0 Å². The molecule has 1 aliphatic heterocycles. The molecule has 0 aliphatic carbocycles. The highest BCUT2D eigenvalue weighted by molar-refractivity contribution is 14.0. The monoisotopic (exact) mass is 542 g/mol. The van der Waals surface area contributed by atoms with Crippen LogP contribution in [-0.2, 0) is 11.2 Å². The first-order chi connectivity index (χ1) is 14.8. The Morgan fingerprint density at radius 2 is 1.97 bits per heavy atom. The van der Waals surface area contributed by atoms with E-state index in [9.17, 15) is 0 Å². The molecule has 0 atom stereocenters. The van der Waals surface area contributed by atoms with Gasteiger partial charge < -0.3 is 24.1 Å². The Morgan fingerprint density at radius 3 is 2.71 bits per heavy atom. The molecule has 8 heteroatoms. The summed E-state index contributed by atoms with van der Waals surface area (Å²) in [7, 11) is 2.05. The van der Waals surface area contributed by atoms with E-state index in [4.69, 9.17) is 18.9 Å². The van der Waals surface area contributed by atoms with Gasteiger partial charge in [0.15, 0.2) is 5.96 Å². The molecule has 2 aromatic rings. The Hall–Kier alpha value is -1.78. The molecule has 172 valence electrons. The number of rotatable bonds is 11. The van der Waals surface area contributed by atoms with Crippen molar-refractivity contribution in [1.29, 1.82) is 0 Å². The summed E-state index contributed by atoms with van der Waals surface area (Å²) in [5.41, 5.74) is 0. The third-order valence-corrected chi connectivity index (χ3v) is 5.03. The molecule has 1 aromatic heterocycles. The summed E-state index contributed by atoms with van der Waals surface area (Å²) in [6, 6.07) is 13.8. The van der Waals surface area contributed by atoms with Crippen LogP contribution in [0.1, 0.15) is 12.2 Å². The van der Waals surface area contributed by atoms with Crippen LogP contribution in [0.15, 0.2) is 58.1 Å². The normalized spacial score (nSPS) is 14.7. The van der Waals surface area contributed by atoms with Gasteiger partial charge in [-0.05, 0) is 30.7 Å². The van der Waals surface area contributed by atoms with Crippen molar-refractivity contribution < 1.29 is 13.9 Å². The van der Waals surface area contributed by atoms with Gasteiger partial charge >= 0.3 is 0 Å². The zero-order valence-corrected chi connectivity index (χ0v) is 20.7. The number of nitrogens with one attached hydrogen (secondary N) is 1. The maximum Gasteiger partial charge on any atom is 0.193 e. The molecule has 1 saturated heterocycles. The second-order valence-electron chi connectivity index (χ2n) is 7.35. The van der Waals surface area contributed by atoms with Gasteiger partial charge in [0.1, 0.15) is 18.1 Å². The molecular weight excluding hydrogens is 507 g/mol. The van der Waals surface area contributed by atoms with E-state index in [1.807, 2.05) is 42.5 Å². The predicted molar refractivity (Wildman–Crippen MR) is 135 cm³/mol. The smallest absolute Gasteiger partial charge is 0.193 e. The SMILES string of the molecule is CN(CCOc1ccccc1)C(=NCCCN1CCOCC1)NCCc1ccco1.I. The molecule has 3 rings (SSSR count). The molecule has 1 aromatic carbocycles. The molecule has 0 spiro atoms. The van der Waals surface area contributed by atoms with E-state index < -0.39 is 0 Å². The van der Waals surface area contributed by atoms with Gasteiger partial charge in [0.25, 0.3) is 0 Å². The number of aliphatic imine (C=N–C) groups is 1. The minimum absolute atomic E-state index is 0. The highest BCUT2D eigenvalue weighted by Crippen LogP contribution is 2.08. The van der Waals surface area contributed by atoms with Gasteiger partial charge in [0.2, 0.25) is 0 Å². The maximum absolute atomic E-state index is 5.84. The van der Waals surface area contributed by atoms with Crippen molar-refractivity contribution in [2.24, 2.45) is 4.99 Å². The second-order valence-corrected chi connectivity index (χ2v) is 7.35. The van der Waals surface area contributed by atoms with E-state index in [0.717, 1.165) is 82.8 Å². The number of ether oxygens (including phenoxy) is 2. The lowest BCUT2D eigenvalue weighted by Crippen LogP contribution is -2.42. The molecule has 0 bridgehead atoms. The number of likely N-dealkylation sites (N-methyl/N-ethyl adjacent to an activating group) is 1. The number of guanidine groups is 1. The molecule has 1 N–H and O–H groups in total. The number of furan rings is 1. The molecule has 1 aliphatic rings. The average molecular weight is 542 g/mol. The third kappa shape index (κ3) is 9.92. The van der Waals surface area contributed by atoms with Gasteiger partial charge in [-0.25, -0.2) is 0 Å². The first-order valence-corrected chi connectivity index (χ1v) is 10.8. The van der Waals surface area contributed by atoms with Crippen molar-refractivity contribution in [2.75, 3.05) is 66.1 Å².